The summed E-state index contributed by atoms with van der Waals surface area (Å²) in [5.41, 5.74) is 10.9. The third-order valence-electron chi connectivity index (χ3n) is 7.50. The first-order valence-corrected chi connectivity index (χ1v) is 13.4. The summed E-state index contributed by atoms with van der Waals surface area (Å²) in [5, 5.41) is 1.08. The van der Waals surface area contributed by atoms with Crippen LogP contribution in [0.3, 0.4) is 0 Å². The highest BCUT2D eigenvalue weighted by atomic mass is 16.3. The highest BCUT2D eigenvalue weighted by Crippen LogP contribution is 2.42. The lowest BCUT2D eigenvalue weighted by molar-refractivity contribution is 0.616. The Labute approximate surface area is 228 Å². The number of hydrogen-bond acceptors (Lipinski definition) is 2. The topological polar surface area (TPSA) is 31.0 Å². The summed E-state index contributed by atoms with van der Waals surface area (Å²) < 4.78 is 8.43. The summed E-state index contributed by atoms with van der Waals surface area (Å²) in [7, 11) is 0. The highest BCUT2D eigenvalue weighted by Gasteiger charge is 2.23. The van der Waals surface area contributed by atoms with E-state index in [0.717, 1.165) is 61.3 Å². The van der Waals surface area contributed by atoms with Gasteiger partial charge in [-0.3, -0.25) is 4.57 Å². The molecular weight excluding hydrogens is 476 g/mol. The second-order valence-electron chi connectivity index (χ2n) is 10.3. The standard InChI is InChI=1S/C36H28N2O/c1-24(2)27-20-21-34-30(22-27)31(23-39-34)36-37-32-18-9-10-19-33(32)38(36)35-28(25-12-5-3-6-13-25)16-11-17-29(35)26-14-7-4-8-15-26/h3-24H,1-2H3. The first-order chi connectivity index (χ1) is 19.2. The Balaban J connectivity index is 1.61. The van der Waals surface area contributed by atoms with Crippen molar-refractivity contribution in [2.45, 2.75) is 19.8 Å². The van der Waals surface area contributed by atoms with Crippen molar-refractivity contribution in [2.24, 2.45) is 0 Å². The fraction of sp³-hybridized carbons (Fsp3) is 0.0833. The molecule has 0 fully saturated rings. The van der Waals surface area contributed by atoms with Crippen LogP contribution in [0.5, 0.6) is 0 Å². The molecule has 3 heteroatoms. The fourth-order valence-electron chi connectivity index (χ4n) is 5.50. The zero-order chi connectivity index (χ0) is 26.3. The Morgan fingerprint density at radius 3 is 1.95 bits per heavy atom. The monoisotopic (exact) mass is 504 g/mol. The maximum absolute atomic E-state index is 6.10. The summed E-state index contributed by atoms with van der Waals surface area (Å²) in [6.45, 7) is 4.44. The van der Waals surface area contributed by atoms with Gasteiger partial charge in [0, 0.05) is 16.5 Å². The van der Waals surface area contributed by atoms with E-state index in [-0.39, 0.29) is 0 Å². The molecule has 0 spiro atoms. The first-order valence-electron chi connectivity index (χ1n) is 13.4. The van der Waals surface area contributed by atoms with Gasteiger partial charge in [-0.05, 0) is 46.9 Å². The second-order valence-corrected chi connectivity index (χ2v) is 10.3. The van der Waals surface area contributed by atoms with Crippen molar-refractivity contribution in [3.8, 4) is 39.3 Å². The number of hydrogen-bond donors (Lipinski definition) is 0. The number of furan rings is 1. The average molecular weight is 505 g/mol. The molecule has 0 N–H and O–H groups in total. The van der Waals surface area contributed by atoms with Crippen LogP contribution in [-0.4, -0.2) is 9.55 Å². The van der Waals surface area contributed by atoms with E-state index in [9.17, 15) is 0 Å². The Morgan fingerprint density at radius 1 is 0.641 bits per heavy atom. The van der Waals surface area contributed by atoms with Crippen LogP contribution in [0.4, 0.5) is 0 Å². The molecule has 2 aromatic heterocycles. The van der Waals surface area contributed by atoms with Crippen molar-refractivity contribution >= 4 is 22.0 Å². The van der Waals surface area contributed by atoms with E-state index < -0.39 is 0 Å². The minimum Gasteiger partial charge on any atom is -0.464 e. The van der Waals surface area contributed by atoms with E-state index in [1.54, 1.807) is 0 Å². The van der Waals surface area contributed by atoms with Gasteiger partial charge in [0.05, 0.1) is 22.3 Å². The quantitative estimate of drug-likeness (QED) is 0.233. The van der Waals surface area contributed by atoms with Crippen molar-refractivity contribution in [1.82, 2.24) is 9.55 Å². The van der Waals surface area contributed by atoms with Crippen LogP contribution >= 0.6 is 0 Å². The largest absolute Gasteiger partial charge is 0.464 e. The zero-order valence-corrected chi connectivity index (χ0v) is 22.0. The molecule has 3 nitrogen and oxygen atoms in total. The van der Waals surface area contributed by atoms with Crippen LogP contribution in [0.25, 0.3) is 61.3 Å². The third kappa shape index (κ3) is 3.95. The van der Waals surface area contributed by atoms with Gasteiger partial charge in [-0.2, -0.15) is 0 Å². The van der Waals surface area contributed by atoms with E-state index in [0.29, 0.717) is 5.92 Å². The summed E-state index contributed by atoms with van der Waals surface area (Å²) >= 11 is 0. The van der Waals surface area contributed by atoms with E-state index in [1.807, 2.05) is 6.26 Å². The molecule has 0 aliphatic carbocycles. The van der Waals surface area contributed by atoms with E-state index >= 15 is 0 Å². The lowest BCUT2D eigenvalue weighted by Crippen LogP contribution is -2.03. The molecule has 5 aromatic carbocycles. The molecule has 0 aliphatic heterocycles. The normalized spacial score (nSPS) is 11.6. The van der Waals surface area contributed by atoms with Gasteiger partial charge in [0.25, 0.3) is 0 Å². The predicted octanol–water partition coefficient (Wildman–Crippen LogP) is 9.90. The smallest absolute Gasteiger partial charge is 0.149 e. The minimum absolute atomic E-state index is 0.416. The molecule has 7 aromatic rings. The molecule has 0 aliphatic rings. The van der Waals surface area contributed by atoms with Gasteiger partial charge in [0.2, 0.25) is 0 Å². The number of nitrogens with zero attached hydrogens (tertiary/aromatic N) is 2. The van der Waals surface area contributed by atoms with Gasteiger partial charge in [-0.25, -0.2) is 4.98 Å². The first kappa shape index (κ1) is 23.2. The van der Waals surface area contributed by atoms with Gasteiger partial charge in [-0.15, -0.1) is 0 Å². The molecule has 0 amide bonds. The molecule has 0 atom stereocenters. The highest BCUT2D eigenvalue weighted by molar-refractivity contribution is 5.98. The molecule has 0 saturated carbocycles. The summed E-state index contributed by atoms with van der Waals surface area (Å²) in [6.07, 6.45) is 1.86. The maximum Gasteiger partial charge on any atom is 0.149 e. The third-order valence-corrected chi connectivity index (χ3v) is 7.50. The second kappa shape index (κ2) is 9.45. The Kier molecular flexibility index (Phi) is 5.63. The van der Waals surface area contributed by atoms with Crippen LogP contribution in [0.1, 0.15) is 25.3 Å². The van der Waals surface area contributed by atoms with Crippen molar-refractivity contribution < 1.29 is 4.42 Å². The number of benzene rings is 5. The molecule has 7 rings (SSSR count). The lowest BCUT2D eigenvalue weighted by Gasteiger charge is -2.19. The number of fused-ring (bicyclic) bond motifs is 2. The molecule has 2 heterocycles. The number of aromatic nitrogens is 2. The zero-order valence-electron chi connectivity index (χ0n) is 22.0. The van der Waals surface area contributed by atoms with Gasteiger partial charge >= 0.3 is 0 Å². The molecule has 0 bridgehead atoms. The van der Waals surface area contributed by atoms with Gasteiger partial charge < -0.3 is 4.42 Å². The molecule has 188 valence electrons. The van der Waals surface area contributed by atoms with Crippen LogP contribution < -0.4 is 0 Å². The van der Waals surface area contributed by atoms with Crippen LogP contribution in [0, 0.1) is 0 Å². The van der Waals surface area contributed by atoms with Gasteiger partial charge in [0.15, 0.2) is 0 Å². The predicted molar refractivity (Wildman–Crippen MR) is 161 cm³/mol. The van der Waals surface area contributed by atoms with Crippen molar-refractivity contribution in [1.29, 1.82) is 0 Å². The number of rotatable bonds is 5. The van der Waals surface area contributed by atoms with Crippen molar-refractivity contribution in [3.63, 3.8) is 0 Å². The van der Waals surface area contributed by atoms with Crippen LogP contribution in [0.15, 0.2) is 132 Å². The van der Waals surface area contributed by atoms with Crippen molar-refractivity contribution in [3.05, 3.63) is 133 Å². The molecule has 39 heavy (non-hydrogen) atoms. The molecule has 0 unspecified atom stereocenters. The van der Waals surface area contributed by atoms with Crippen LogP contribution in [-0.2, 0) is 0 Å². The summed E-state index contributed by atoms with van der Waals surface area (Å²) in [4.78, 5) is 5.23. The number of para-hydroxylation sites is 3. The number of imidazole rings is 1. The van der Waals surface area contributed by atoms with E-state index in [2.05, 4.69) is 140 Å². The fourth-order valence-corrected chi connectivity index (χ4v) is 5.50. The van der Waals surface area contributed by atoms with E-state index in [4.69, 9.17) is 9.40 Å². The van der Waals surface area contributed by atoms with Gasteiger partial charge in [0.1, 0.15) is 17.7 Å². The summed E-state index contributed by atoms with van der Waals surface area (Å²) in [6, 6.07) is 42.6. The Morgan fingerprint density at radius 2 is 1.28 bits per heavy atom. The molecule has 0 saturated heterocycles. The van der Waals surface area contributed by atoms with Gasteiger partial charge in [-0.1, -0.05) is 111 Å². The maximum atomic E-state index is 6.10. The SMILES string of the molecule is CC(C)c1ccc2occ(-c3nc4ccccc4n3-c3c(-c4ccccc4)cccc3-c3ccccc3)c2c1. The minimum atomic E-state index is 0.416. The summed E-state index contributed by atoms with van der Waals surface area (Å²) in [5.74, 6) is 1.29. The lowest BCUT2D eigenvalue weighted by atomic mass is 9.95. The van der Waals surface area contributed by atoms with Crippen LogP contribution in [0.2, 0.25) is 0 Å². The van der Waals surface area contributed by atoms with E-state index in [1.165, 1.54) is 5.56 Å². The Bertz CT molecular complexity index is 1870. The average Bonchev–Trinajstić information content (AvgIpc) is 3.58. The Hall–Kier alpha value is -4.89. The molecular formula is C36H28N2O. The van der Waals surface area contributed by atoms with Crippen molar-refractivity contribution in [2.75, 3.05) is 0 Å². The molecule has 0 radical (unpaired) electrons.